The van der Waals surface area contributed by atoms with Gasteiger partial charge in [-0.3, -0.25) is 0 Å². The van der Waals surface area contributed by atoms with Crippen molar-refractivity contribution in [1.29, 1.82) is 0 Å². The second-order valence-electron chi connectivity index (χ2n) is 4.54. The number of hydrogen-bond donors (Lipinski definition) is 1. The first-order chi connectivity index (χ1) is 9.61. The molecule has 2 aromatic carbocycles. The average molecular weight is 355 g/mol. The first-order valence-electron chi connectivity index (χ1n) is 6.54. The van der Waals surface area contributed by atoms with Crippen molar-refractivity contribution in [2.75, 3.05) is 6.54 Å². The molecule has 0 saturated heterocycles. The van der Waals surface area contributed by atoms with Gasteiger partial charge in [-0.2, -0.15) is 0 Å². The summed E-state index contributed by atoms with van der Waals surface area (Å²) in [5.74, 6) is 1.47. The summed E-state index contributed by atoms with van der Waals surface area (Å²) in [5.41, 5.74) is 2.23. The van der Waals surface area contributed by atoms with Gasteiger partial charge in [0.05, 0.1) is 9.50 Å². The Morgan fingerprint density at radius 3 is 2.75 bits per heavy atom. The van der Waals surface area contributed by atoms with Crippen LogP contribution in [0.4, 0.5) is 0 Å². The van der Waals surface area contributed by atoms with Crippen LogP contribution in [0.3, 0.4) is 0 Å². The van der Waals surface area contributed by atoms with Crippen molar-refractivity contribution in [1.82, 2.24) is 5.32 Å². The van der Waals surface area contributed by atoms with Gasteiger partial charge in [0.25, 0.3) is 0 Å². The lowest BCUT2D eigenvalue weighted by molar-refractivity contribution is 0.470. The Kier molecular flexibility index (Phi) is 5.46. The summed E-state index contributed by atoms with van der Waals surface area (Å²) >= 11 is 9.80. The molecule has 2 nitrogen and oxygen atoms in total. The maximum atomic E-state index is 6.27. The smallest absolute Gasteiger partial charge is 0.150 e. The number of rotatable bonds is 5. The molecule has 0 aliphatic rings. The number of benzene rings is 2. The van der Waals surface area contributed by atoms with Crippen LogP contribution in [0.1, 0.15) is 18.1 Å². The zero-order valence-electron chi connectivity index (χ0n) is 11.5. The van der Waals surface area contributed by atoms with E-state index in [0.29, 0.717) is 10.8 Å². The Morgan fingerprint density at radius 2 is 2.05 bits per heavy atom. The summed E-state index contributed by atoms with van der Waals surface area (Å²) in [6.07, 6.45) is 0. The third-order valence-corrected chi connectivity index (χ3v) is 3.83. The molecule has 0 amide bonds. The average Bonchev–Trinajstić information content (AvgIpc) is 2.42. The van der Waals surface area contributed by atoms with E-state index < -0.39 is 0 Å². The topological polar surface area (TPSA) is 21.3 Å². The van der Waals surface area contributed by atoms with Crippen LogP contribution in [0.15, 0.2) is 40.9 Å². The lowest BCUT2D eigenvalue weighted by Crippen LogP contribution is -2.12. The molecule has 2 aromatic rings. The van der Waals surface area contributed by atoms with E-state index in [1.807, 2.05) is 43.3 Å². The number of halogens is 2. The lowest BCUT2D eigenvalue weighted by atomic mass is 10.2. The largest absolute Gasteiger partial charge is 0.454 e. The minimum Gasteiger partial charge on any atom is -0.454 e. The molecule has 0 spiro atoms. The number of hydrogen-bond acceptors (Lipinski definition) is 2. The van der Waals surface area contributed by atoms with Crippen LogP contribution >= 0.6 is 27.5 Å². The molecular weight excluding hydrogens is 338 g/mol. The lowest BCUT2D eigenvalue weighted by Gasteiger charge is -2.14. The summed E-state index contributed by atoms with van der Waals surface area (Å²) in [6, 6.07) is 11.8. The third kappa shape index (κ3) is 3.75. The van der Waals surface area contributed by atoms with Crippen LogP contribution in [-0.4, -0.2) is 6.54 Å². The highest BCUT2D eigenvalue weighted by Crippen LogP contribution is 2.36. The van der Waals surface area contributed by atoms with Crippen molar-refractivity contribution in [3.8, 4) is 11.5 Å². The van der Waals surface area contributed by atoms with Gasteiger partial charge in [0.15, 0.2) is 5.75 Å². The maximum Gasteiger partial charge on any atom is 0.150 e. The second-order valence-corrected chi connectivity index (χ2v) is 5.81. The number of aryl methyl sites for hydroxylation is 1. The molecule has 20 heavy (non-hydrogen) atoms. The third-order valence-electron chi connectivity index (χ3n) is 2.91. The van der Waals surface area contributed by atoms with Crippen LogP contribution in [0.2, 0.25) is 5.02 Å². The van der Waals surface area contributed by atoms with E-state index in [2.05, 4.69) is 28.2 Å². The van der Waals surface area contributed by atoms with Crippen molar-refractivity contribution < 1.29 is 4.74 Å². The highest BCUT2D eigenvalue weighted by molar-refractivity contribution is 9.10. The van der Waals surface area contributed by atoms with E-state index in [1.54, 1.807) is 0 Å². The van der Waals surface area contributed by atoms with Gasteiger partial charge < -0.3 is 10.1 Å². The molecule has 0 aliphatic heterocycles. The Morgan fingerprint density at radius 1 is 1.25 bits per heavy atom. The van der Waals surface area contributed by atoms with Crippen LogP contribution in [0, 0.1) is 6.92 Å². The first kappa shape index (κ1) is 15.4. The van der Waals surface area contributed by atoms with E-state index >= 15 is 0 Å². The van der Waals surface area contributed by atoms with Crippen molar-refractivity contribution in [3.63, 3.8) is 0 Å². The summed E-state index contributed by atoms with van der Waals surface area (Å²) in [6.45, 7) is 5.75. The molecule has 0 atom stereocenters. The van der Waals surface area contributed by atoms with Gasteiger partial charge in [-0.05, 0) is 53.2 Å². The van der Waals surface area contributed by atoms with Crippen molar-refractivity contribution in [2.24, 2.45) is 0 Å². The molecule has 1 N–H and O–H groups in total. The number of ether oxygens (including phenoxy) is 1. The molecule has 106 valence electrons. The van der Waals surface area contributed by atoms with E-state index in [9.17, 15) is 0 Å². The first-order valence-corrected chi connectivity index (χ1v) is 7.71. The van der Waals surface area contributed by atoms with Crippen LogP contribution in [0.5, 0.6) is 11.5 Å². The molecule has 0 bridgehead atoms. The van der Waals surface area contributed by atoms with Crippen molar-refractivity contribution in [2.45, 2.75) is 20.4 Å². The fourth-order valence-corrected chi connectivity index (χ4v) is 2.67. The molecule has 2 rings (SSSR count). The zero-order valence-corrected chi connectivity index (χ0v) is 13.9. The number of para-hydroxylation sites is 1. The Labute approximate surface area is 133 Å². The van der Waals surface area contributed by atoms with Crippen LogP contribution in [0.25, 0.3) is 0 Å². The fourth-order valence-electron chi connectivity index (χ4n) is 1.87. The predicted molar refractivity (Wildman–Crippen MR) is 87.8 cm³/mol. The van der Waals surface area contributed by atoms with E-state index in [-0.39, 0.29) is 0 Å². The van der Waals surface area contributed by atoms with Crippen LogP contribution < -0.4 is 10.1 Å². The van der Waals surface area contributed by atoms with E-state index in [0.717, 1.165) is 28.9 Å². The van der Waals surface area contributed by atoms with Gasteiger partial charge in [-0.25, -0.2) is 0 Å². The molecular formula is C16H17BrClNO. The molecule has 0 aliphatic carbocycles. The summed E-state index contributed by atoms with van der Waals surface area (Å²) in [4.78, 5) is 0. The van der Waals surface area contributed by atoms with Crippen molar-refractivity contribution >= 4 is 27.5 Å². The van der Waals surface area contributed by atoms with Crippen molar-refractivity contribution in [3.05, 3.63) is 57.0 Å². The minimum absolute atomic E-state index is 0.618. The highest BCUT2D eigenvalue weighted by atomic mass is 79.9. The summed E-state index contributed by atoms with van der Waals surface area (Å²) < 4.78 is 6.93. The molecule has 0 aromatic heterocycles. The molecule has 4 heteroatoms. The SMILES string of the molecule is CCNCc1cccc(Cl)c1Oc1ccc(C)cc1Br. The Hall–Kier alpha value is -1.03. The fraction of sp³-hybridized carbons (Fsp3) is 0.250. The summed E-state index contributed by atoms with van der Waals surface area (Å²) in [5, 5.41) is 3.91. The van der Waals surface area contributed by atoms with Crippen LogP contribution in [-0.2, 0) is 6.54 Å². The van der Waals surface area contributed by atoms with Gasteiger partial charge in [-0.1, -0.05) is 36.7 Å². The highest BCUT2D eigenvalue weighted by Gasteiger charge is 2.11. The molecule has 0 radical (unpaired) electrons. The number of nitrogens with one attached hydrogen (secondary N) is 1. The molecule has 0 fully saturated rings. The summed E-state index contributed by atoms with van der Waals surface area (Å²) in [7, 11) is 0. The second kappa shape index (κ2) is 7.11. The predicted octanol–water partition coefficient (Wildman–Crippen LogP) is 5.31. The Bertz CT molecular complexity index is 601. The van der Waals surface area contributed by atoms with Gasteiger partial charge in [-0.15, -0.1) is 0 Å². The van der Waals surface area contributed by atoms with Gasteiger partial charge in [0, 0.05) is 12.1 Å². The molecule has 0 heterocycles. The van der Waals surface area contributed by atoms with Gasteiger partial charge in [0.2, 0.25) is 0 Å². The minimum atomic E-state index is 0.618. The van der Waals surface area contributed by atoms with E-state index in [4.69, 9.17) is 16.3 Å². The maximum absolute atomic E-state index is 6.27. The standard InChI is InChI=1S/C16H17BrClNO/c1-3-19-10-12-5-4-6-14(18)16(12)20-15-8-7-11(2)9-13(15)17/h4-9,19H,3,10H2,1-2H3. The van der Waals surface area contributed by atoms with Gasteiger partial charge in [0.1, 0.15) is 5.75 Å². The van der Waals surface area contributed by atoms with Gasteiger partial charge >= 0.3 is 0 Å². The molecule has 0 unspecified atom stereocenters. The quantitative estimate of drug-likeness (QED) is 0.785. The normalized spacial score (nSPS) is 10.6. The molecule has 0 saturated carbocycles. The zero-order chi connectivity index (χ0) is 14.5. The monoisotopic (exact) mass is 353 g/mol. The van der Waals surface area contributed by atoms with E-state index in [1.165, 1.54) is 5.56 Å². The Balaban J connectivity index is 2.32.